The number of cyclic esters (lactones) is 1. The molecule has 7 N–H and O–H groups in total. The number of ether oxygens (including phenoxy) is 8. The molecule has 2 saturated heterocycles. The Hall–Kier alpha value is -3.89. The van der Waals surface area contributed by atoms with Gasteiger partial charge in [0.1, 0.15) is 46.7 Å². The first-order chi connectivity index (χ1) is 33.7. The Morgan fingerprint density at radius 1 is 0.903 bits per heavy atom. The van der Waals surface area contributed by atoms with E-state index < -0.39 is 144 Å². The lowest BCUT2D eigenvalue weighted by atomic mass is 9.88. The van der Waals surface area contributed by atoms with E-state index in [-0.39, 0.29) is 35.4 Å². The van der Waals surface area contributed by atoms with E-state index in [2.05, 4.69) is 0 Å². The molecule has 4 rings (SSSR count). The molecule has 0 amide bonds. The van der Waals surface area contributed by atoms with Crippen molar-refractivity contribution in [3.05, 3.63) is 79.9 Å². The molecule has 1 aromatic carbocycles. The molecule has 0 radical (unpaired) electrons. The number of halogens is 2. The zero-order valence-corrected chi connectivity index (χ0v) is 44.5. The van der Waals surface area contributed by atoms with E-state index in [0.29, 0.717) is 23.1 Å². The number of aromatic hydroxyl groups is 2. The Balaban J connectivity index is 1.61. The molecular weight excluding hydrogens is 983 g/mol. The van der Waals surface area contributed by atoms with Crippen LogP contribution in [0, 0.1) is 11.8 Å². The Bertz CT molecular complexity index is 2220. The fourth-order valence-corrected chi connectivity index (χ4v) is 9.16. The molecule has 404 valence electrons. The van der Waals surface area contributed by atoms with Gasteiger partial charge in [0.25, 0.3) is 0 Å². The fourth-order valence-electron chi connectivity index (χ4n) is 8.60. The van der Waals surface area contributed by atoms with Gasteiger partial charge in [-0.2, -0.15) is 0 Å². The van der Waals surface area contributed by atoms with Crippen molar-refractivity contribution in [2.24, 2.45) is 11.8 Å². The zero-order chi connectivity index (χ0) is 54.1. The Labute approximate surface area is 431 Å². The van der Waals surface area contributed by atoms with E-state index in [9.17, 15) is 50.1 Å². The first-order valence-electron chi connectivity index (χ1n) is 24.2. The Morgan fingerprint density at radius 3 is 2.17 bits per heavy atom. The van der Waals surface area contributed by atoms with Crippen LogP contribution in [0.5, 0.6) is 11.5 Å². The summed E-state index contributed by atoms with van der Waals surface area (Å²) in [7, 11) is 1.26. The number of hydrogen-bond donors (Lipinski definition) is 7. The number of carbonyl (C=O) groups excluding carboxylic acids is 3. The number of aliphatic hydroxyl groups is 5. The van der Waals surface area contributed by atoms with E-state index in [4.69, 9.17) is 61.1 Å². The minimum Gasteiger partial charge on any atom is -0.505 e. The van der Waals surface area contributed by atoms with Gasteiger partial charge in [0, 0.05) is 19.4 Å². The van der Waals surface area contributed by atoms with Crippen LogP contribution >= 0.6 is 23.2 Å². The summed E-state index contributed by atoms with van der Waals surface area (Å²) in [6.45, 7) is 18.1. The third-order valence-electron chi connectivity index (χ3n) is 13.0. The molecule has 0 saturated carbocycles. The lowest BCUT2D eigenvalue weighted by Crippen LogP contribution is -2.64. The number of rotatable bonds is 13. The molecule has 72 heavy (non-hydrogen) atoms. The number of benzene rings is 1. The monoisotopic (exact) mass is 1060 g/mol. The smallest absolute Gasteiger partial charge is 0.342 e. The van der Waals surface area contributed by atoms with Crippen molar-refractivity contribution < 1.29 is 88.0 Å². The molecule has 0 unspecified atom stereocenters. The normalized spacial score (nSPS) is 34.8. The first kappa shape index (κ1) is 60.7. The van der Waals surface area contributed by atoms with Crippen molar-refractivity contribution in [1.82, 2.24) is 0 Å². The molecule has 0 aromatic heterocycles. The molecular formula is C52H74Cl2O18. The van der Waals surface area contributed by atoms with E-state index in [0.717, 1.165) is 0 Å². The summed E-state index contributed by atoms with van der Waals surface area (Å²) in [5.74, 6) is -4.78. The van der Waals surface area contributed by atoms with Gasteiger partial charge >= 0.3 is 17.9 Å². The predicted octanol–water partition coefficient (Wildman–Crippen LogP) is 6.23. The molecule has 14 atom stereocenters. The average molecular weight is 1060 g/mol. The van der Waals surface area contributed by atoms with Crippen LogP contribution in [0.25, 0.3) is 0 Å². The van der Waals surface area contributed by atoms with Gasteiger partial charge in [-0.1, -0.05) is 86.9 Å². The fraction of sp³-hybridized carbons (Fsp3) is 0.635. The predicted molar refractivity (Wildman–Crippen MR) is 265 cm³/mol. The summed E-state index contributed by atoms with van der Waals surface area (Å²) in [6, 6.07) is 0. The lowest BCUT2D eigenvalue weighted by Gasteiger charge is -2.47. The van der Waals surface area contributed by atoms with Crippen LogP contribution in [-0.2, 0) is 53.9 Å². The van der Waals surface area contributed by atoms with Crippen LogP contribution in [0.3, 0.4) is 0 Å². The molecule has 0 aliphatic carbocycles. The van der Waals surface area contributed by atoms with Crippen LogP contribution in [-0.4, -0.2) is 153 Å². The molecule has 3 heterocycles. The van der Waals surface area contributed by atoms with Crippen molar-refractivity contribution in [2.75, 3.05) is 13.7 Å². The molecule has 3 aliphatic rings. The number of carbonyl (C=O) groups is 3. The largest absolute Gasteiger partial charge is 0.505 e. The van der Waals surface area contributed by atoms with Gasteiger partial charge in [0.05, 0.1) is 47.5 Å². The van der Waals surface area contributed by atoms with Crippen LogP contribution in [0.4, 0.5) is 0 Å². The summed E-state index contributed by atoms with van der Waals surface area (Å²) in [5, 5.41) is 76.5. The van der Waals surface area contributed by atoms with Crippen molar-refractivity contribution in [3.63, 3.8) is 0 Å². The third-order valence-corrected chi connectivity index (χ3v) is 13.8. The highest BCUT2D eigenvalue weighted by Gasteiger charge is 2.53. The molecule has 2 fully saturated rings. The number of aliphatic hydroxyl groups excluding tert-OH is 5. The highest BCUT2D eigenvalue weighted by molar-refractivity contribution is 6.39. The molecule has 18 nitrogen and oxygen atoms in total. The molecule has 20 heteroatoms. The van der Waals surface area contributed by atoms with Crippen molar-refractivity contribution >= 4 is 41.1 Å². The van der Waals surface area contributed by atoms with Gasteiger partial charge < -0.3 is 73.6 Å². The van der Waals surface area contributed by atoms with Crippen molar-refractivity contribution in [2.45, 2.75) is 187 Å². The van der Waals surface area contributed by atoms with Gasteiger partial charge in [0.2, 0.25) is 0 Å². The molecule has 3 aliphatic heterocycles. The summed E-state index contributed by atoms with van der Waals surface area (Å²) >= 11 is 12.3. The Morgan fingerprint density at radius 2 is 1.57 bits per heavy atom. The second-order valence-electron chi connectivity index (χ2n) is 19.4. The zero-order valence-electron chi connectivity index (χ0n) is 43.0. The van der Waals surface area contributed by atoms with Crippen LogP contribution in [0.1, 0.15) is 111 Å². The maximum atomic E-state index is 13.9. The topological polar surface area (TPSA) is 267 Å². The number of hydrogen-bond acceptors (Lipinski definition) is 18. The van der Waals surface area contributed by atoms with Crippen molar-refractivity contribution in [3.8, 4) is 11.5 Å². The molecule has 0 spiro atoms. The maximum Gasteiger partial charge on any atom is 0.342 e. The lowest BCUT2D eigenvalue weighted by molar-refractivity contribution is -0.333. The van der Waals surface area contributed by atoms with Crippen LogP contribution in [0.15, 0.2) is 58.7 Å². The highest BCUT2D eigenvalue weighted by atomic mass is 35.5. The van der Waals surface area contributed by atoms with E-state index >= 15 is 0 Å². The SMILES string of the molecule is CCc1c(Cl)c(O)c(Cl)c(O)c1C(=O)O[C@H]1[C@H](O)[C@H](OC)[C@H](OC/C2=C\C=C\C[C@H](O)/C(C)=C/[C@H](CC)[C@@H](O[C@@H]3OC(C)(C)[C@@H](OC(=O)C(C)C)[C@H](O)[C@@H]3O)/C(C)=C/C(C)=C/C[C@@H]([C@H](C)O)OC2=O)O[C@@H]1C. The van der Waals surface area contributed by atoms with Crippen LogP contribution < -0.4 is 0 Å². The number of phenolic OH excluding ortho intramolecular Hbond substituents is 2. The second-order valence-corrected chi connectivity index (χ2v) is 20.1. The quantitative estimate of drug-likeness (QED) is 0.0655. The standard InChI is InChI=1S/C52H74Cl2O18/c1-13-30-22-26(6)33(56)18-16-15-17-31(23-66-51-45(65-12)42(61)44(29(9)67-51)69-49(64)35-32(14-2)36(53)39(58)37(54)38(35)57)48(63)68-34(28(8)55)20-19-25(5)21-27(7)43(30)70-50-41(60)40(59)46(52(10,11)72-50)71-47(62)24(3)4/h15-17,19,21-22,24,28-30,33-34,40-46,50-51,55-61H,13-14,18,20,23H2,1-12H3/b16-15+,25-19+,26-22+,27-21+,31-17+/t28-,29+,30-,33-,34-,40+,41-,42-,43-,44+,45-,46-,50+,51+/m0/s1. The number of allylic oxidation sites excluding steroid dienone is 4. The minimum absolute atomic E-state index is 0.0372. The summed E-state index contributed by atoms with van der Waals surface area (Å²) < 4.78 is 47.5. The van der Waals surface area contributed by atoms with E-state index in [1.807, 2.05) is 32.9 Å². The molecule has 1 aromatic rings. The van der Waals surface area contributed by atoms with Gasteiger partial charge in [-0.15, -0.1) is 0 Å². The average Bonchev–Trinajstić information content (AvgIpc) is 3.32. The number of phenols is 2. The summed E-state index contributed by atoms with van der Waals surface area (Å²) in [4.78, 5) is 40.0. The summed E-state index contributed by atoms with van der Waals surface area (Å²) in [5.41, 5.74) is 0.318. The summed E-state index contributed by atoms with van der Waals surface area (Å²) in [6.07, 6.45) is -5.45. The van der Waals surface area contributed by atoms with E-state index in [1.54, 1.807) is 53.7 Å². The highest BCUT2D eigenvalue weighted by Crippen LogP contribution is 2.45. The van der Waals surface area contributed by atoms with Crippen molar-refractivity contribution in [1.29, 1.82) is 0 Å². The maximum absolute atomic E-state index is 13.9. The van der Waals surface area contributed by atoms with E-state index in [1.165, 1.54) is 33.1 Å². The van der Waals surface area contributed by atoms with Gasteiger partial charge in [-0.3, -0.25) is 4.79 Å². The number of methoxy groups -OCH3 is 1. The second kappa shape index (κ2) is 26.5. The minimum atomic E-state index is -1.61. The molecule has 0 bridgehead atoms. The van der Waals surface area contributed by atoms with Gasteiger partial charge in [-0.25, -0.2) is 9.59 Å². The first-order valence-corrected chi connectivity index (χ1v) is 24.9. The Kier molecular flexibility index (Phi) is 22.4. The van der Waals surface area contributed by atoms with Gasteiger partial charge in [-0.05, 0) is 90.5 Å². The van der Waals surface area contributed by atoms with Gasteiger partial charge in [0.15, 0.2) is 36.3 Å². The third kappa shape index (κ3) is 14.7. The van der Waals surface area contributed by atoms with Crippen LogP contribution in [0.2, 0.25) is 10.0 Å². The number of esters is 3.